The van der Waals surface area contributed by atoms with Gasteiger partial charge in [-0.3, -0.25) is 4.68 Å². The Hall–Kier alpha value is -1.98. The molecule has 1 aromatic heterocycles. The lowest BCUT2D eigenvalue weighted by Crippen LogP contribution is -2.11. The summed E-state index contributed by atoms with van der Waals surface area (Å²) < 4.78 is 38.6. The standard InChI is InChI=1S/C12H12F3N3/c1-8(9-3-2-4-10(16)7-9)18-6-5-11(17-18)12(13,14)15/h2-8H,16H2,1H3. The van der Waals surface area contributed by atoms with Gasteiger partial charge in [-0.15, -0.1) is 0 Å². The fourth-order valence-corrected chi connectivity index (χ4v) is 1.68. The van der Waals surface area contributed by atoms with Crippen molar-refractivity contribution in [3.8, 4) is 0 Å². The zero-order chi connectivity index (χ0) is 13.3. The van der Waals surface area contributed by atoms with Gasteiger partial charge in [0.1, 0.15) is 0 Å². The number of halogens is 3. The summed E-state index contributed by atoms with van der Waals surface area (Å²) >= 11 is 0. The van der Waals surface area contributed by atoms with E-state index in [1.807, 2.05) is 0 Å². The number of nitrogen functional groups attached to an aromatic ring is 1. The van der Waals surface area contributed by atoms with E-state index in [2.05, 4.69) is 5.10 Å². The molecule has 0 saturated carbocycles. The van der Waals surface area contributed by atoms with E-state index in [0.29, 0.717) is 5.69 Å². The third kappa shape index (κ3) is 2.47. The number of nitrogens with two attached hydrogens (primary N) is 1. The molecule has 0 amide bonds. The minimum absolute atomic E-state index is 0.301. The van der Waals surface area contributed by atoms with Crippen molar-refractivity contribution in [3.05, 3.63) is 47.8 Å². The van der Waals surface area contributed by atoms with Gasteiger partial charge in [0, 0.05) is 11.9 Å². The summed E-state index contributed by atoms with van der Waals surface area (Å²) in [5, 5.41) is 3.54. The Kier molecular flexibility index (Phi) is 3.02. The van der Waals surface area contributed by atoms with Crippen LogP contribution in [0.2, 0.25) is 0 Å². The van der Waals surface area contributed by atoms with Crippen LogP contribution in [0.1, 0.15) is 24.2 Å². The van der Waals surface area contributed by atoms with Gasteiger partial charge in [0.25, 0.3) is 0 Å². The zero-order valence-corrected chi connectivity index (χ0v) is 9.65. The van der Waals surface area contributed by atoms with E-state index in [1.54, 1.807) is 31.2 Å². The molecule has 1 heterocycles. The van der Waals surface area contributed by atoms with E-state index < -0.39 is 11.9 Å². The largest absolute Gasteiger partial charge is 0.435 e. The van der Waals surface area contributed by atoms with Gasteiger partial charge in [0.2, 0.25) is 0 Å². The van der Waals surface area contributed by atoms with Gasteiger partial charge in [-0.1, -0.05) is 12.1 Å². The molecule has 0 bridgehead atoms. The van der Waals surface area contributed by atoms with Crippen molar-refractivity contribution in [1.82, 2.24) is 9.78 Å². The van der Waals surface area contributed by atoms with E-state index >= 15 is 0 Å². The fourth-order valence-electron chi connectivity index (χ4n) is 1.68. The van der Waals surface area contributed by atoms with Gasteiger partial charge in [-0.05, 0) is 30.7 Å². The molecule has 2 N–H and O–H groups in total. The molecule has 2 rings (SSSR count). The first-order valence-corrected chi connectivity index (χ1v) is 5.36. The van der Waals surface area contributed by atoms with Crippen molar-refractivity contribution in [2.75, 3.05) is 5.73 Å². The highest BCUT2D eigenvalue weighted by molar-refractivity contribution is 5.41. The number of anilines is 1. The summed E-state index contributed by atoms with van der Waals surface area (Å²) in [4.78, 5) is 0. The van der Waals surface area contributed by atoms with Crippen molar-refractivity contribution in [2.24, 2.45) is 0 Å². The van der Waals surface area contributed by atoms with Gasteiger partial charge in [-0.2, -0.15) is 18.3 Å². The lowest BCUT2D eigenvalue weighted by atomic mass is 10.1. The van der Waals surface area contributed by atoms with Gasteiger partial charge < -0.3 is 5.73 Å². The van der Waals surface area contributed by atoms with Crippen molar-refractivity contribution in [1.29, 1.82) is 0 Å². The molecule has 0 aliphatic heterocycles. The second-order valence-electron chi connectivity index (χ2n) is 4.02. The maximum absolute atomic E-state index is 12.4. The van der Waals surface area contributed by atoms with Crippen LogP contribution in [0.5, 0.6) is 0 Å². The number of nitrogens with zero attached hydrogens (tertiary/aromatic N) is 2. The van der Waals surface area contributed by atoms with Gasteiger partial charge in [0.15, 0.2) is 5.69 Å². The number of benzene rings is 1. The number of hydrogen-bond acceptors (Lipinski definition) is 2. The summed E-state index contributed by atoms with van der Waals surface area (Å²) in [6.07, 6.45) is -3.10. The minimum atomic E-state index is -4.42. The molecule has 0 aliphatic rings. The predicted octanol–water partition coefficient (Wildman–Crippen LogP) is 3.09. The lowest BCUT2D eigenvalue weighted by Gasteiger charge is -2.13. The Balaban J connectivity index is 2.29. The first kappa shape index (κ1) is 12.5. The molecule has 1 atom stereocenters. The molecule has 0 fully saturated rings. The molecule has 2 aromatic rings. The SMILES string of the molecule is CC(c1cccc(N)c1)n1ccc(C(F)(F)F)n1. The first-order valence-electron chi connectivity index (χ1n) is 5.36. The molecule has 18 heavy (non-hydrogen) atoms. The molecule has 0 radical (unpaired) electrons. The van der Waals surface area contributed by atoms with E-state index in [0.717, 1.165) is 11.6 Å². The number of hydrogen-bond donors (Lipinski definition) is 1. The Morgan fingerprint density at radius 3 is 2.56 bits per heavy atom. The second kappa shape index (κ2) is 4.36. The van der Waals surface area contributed by atoms with E-state index in [9.17, 15) is 13.2 Å². The van der Waals surface area contributed by atoms with Crippen LogP contribution in [0.25, 0.3) is 0 Å². The maximum atomic E-state index is 12.4. The van der Waals surface area contributed by atoms with E-state index in [-0.39, 0.29) is 6.04 Å². The van der Waals surface area contributed by atoms with Gasteiger partial charge in [0.05, 0.1) is 6.04 Å². The lowest BCUT2D eigenvalue weighted by molar-refractivity contribution is -0.141. The Labute approximate surface area is 102 Å². The summed E-state index contributed by atoms with van der Waals surface area (Å²) in [7, 11) is 0. The topological polar surface area (TPSA) is 43.8 Å². The quantitative estimate of drug-likeness (QED) is 0.838. The monoisotopic (exact) mass is 255 g/mol. The van der Waals surface area contributed by atoms with Gasteiger partial charge in [-0.25, -0.2) is 0 Å². The summed E-state index contributed by atoms with van der Waals surface area (Å²) in [5.41, 5.74) is 6.13. The summed E-state index contributed by atoms with van der Waals surface area (Å²) in [6.45, 7) is 1.77. The predicted molar refractivity (Wildman–Crippen MR) is 61.9 cm³/mol. The van der Waals surface area contributed by atoms with Crippen LogP contribution >= 0.6 is 0 Å². The Morgan fingerprint density at radius 2 is 2.00 bits per heavy atom. The van der Waals surface area contributed by atoms with Crippen molar-refractivity contribution in [3.63, 3.8) is 0 Å². The highest BCUT2D eigenvalue weighted by Crippen LogP contribution is 2.28. The molecule has 0 saturated heterocycles. The van der Waals surface area contributed by atoms with E-state index in [1.165, 1.54) is 10.9 Å². The number of rotatable bonds is 2. The van der Waals surface area contributed by atoms with Crippen molar-refractivity contribution < 1.29 is 13.2 Å². The average molecular weight is 255 g/mol. The van der Waals surface area contributed by atoms with Crippen LogP contribution in [-0.2, 0) is 6.18 Å². The third-order valence-corrected chi connectivity index (χ3v) is 2.69. The zero-order valence-electron chi connectivity index (χ0n) is 9.65. The molecular weight excluding hydrogens is 243 g/mol. The van der Waals surface area contributed by atoms with E-state index in [4.69, 9.17) is 5.73 Å². The van der Waals surface area contributed by atoms with Crippen LogP contribution in [0.4, 0.5) is 18.9 Å². The van der Waals surface area contributed by atoms with Crippen LogP contribution in [0.3, 0.4) is 0 Å². The number of aromatic nitrogens is 2. The minimum Gasteiger partial charge on any atom is -0.399 e. The average Bonchev–Trinajstić information content (AvgIpc) is 2.77. The molecule has 0 spiro atoms. The summed E-state index contributed by atoms with van der Waals surface area (Å²) in [6, 6.07) is 7.67. The van der Waals surface area contributed by atoms with Crippen LogP contribution < -0.4 is 5.73 Å². The highest BCUT2D eigenvalue weighted by Gasteiger charge is 2.33. The molecule has 96 valence electrons. The van der Waals surface area contributed by atoms with Crippen molar-refractivity contribution >= 4 is 5.69 Å². The van der Waals surface area contributed by atoms with Crippen LogP contribution in [-0.4, -0.2) is 9.78 Å². The van der Waals surface area contributed by atoms with Gasteiger partial charge >= 0.3 is 6.18 Å². The van der Waals surface area contributed by atoms with Crippen LogP contribution in [0.15, 0.2) is 36.5 Å². The maximum Gasteiger partial charge on any atom is 0.435 e. The molecule has 6 heteroatoms. The summed E-state index contributed by atoms with van der Waals surface area (Å²) in [5.74, 6) is 0. The smallest absolute Gasteiger partial charge is 0.399 e. The fraction of sp³-hybridized carbons (Fsp3) is 0.250. The Morgan fingerprint density at radius 1 is 1.28 bits per heavy atom. The molecule has 3 nitrogen and oxygen atoms in total. The van der Waals surface area contributed by atoms with Crippen molar-refractivity contribution in [2.45, 2.75) is 19.1 Å². The van der Waals surface area contributed by atoms with Crippen LogP contribution in [0, 0.1) is 0 Å². The molecular formula is C12H12F3N3. The molecule has 1 unspecified atom stereocenters. The number of alkyl halides is 3. The molecule has 1 aromatic carbocycles. The third-order valence-electron chi connectivity index (χ3n) is 2.69. The first-order chi connectivity index (χ1) is 8.38. The highest BCUT2D eigenvalue weighted by atomic mass is 19.4. The normalized spacial score (nSPS) is 13.6. The second-order valence-corrected chi connectivity index (χ2v) is 4.02. The molecule has 0 aliphatic carbocycles. The Bertz CT molecular complexity index is 545.